The van der Waals surface area contributed by atoms with Crippen LogP contribution in [0.1, 0.15) is 138 Å². The van der Waals surface area contributed by atoms with Crippen molar-refractivity contribution >= 4 is 53.5 Å². The van der Waals surface area contributed by atoms with Crippen molar-refractivity contribution < 1.29 is 46.5 Å². The average molecular weight is 1130 g/mol. The smallest absolute Gasteiger partial charge is 0.338 e. The van der Waals surface area contributed by atoms with Crippen LogP contribution in [0, 0.1) is 5.92 Å². The number of carbonyl (C=O) groups excluding carboxylic acids is 1. The number of ether oxygens (including phenoxy) is 6. The van der Waals surface area contributed by atoms with E-state index in [2.05, 4.69) is 157 Å². The molecule has 1 aromatic carbocycles. The maximum absolute atomic E-state index is 14.0. The Labute approximate surface area is 436 Å². The zero-order valence-electron chi connectivity index (χ0n) is 46.2. The van der Waals surface area contributed by atoms with Crippen molar-refractivity contribution in [1.29, 1.82) is 0 Å². The normalized spacial score (nSPS) is 30.9. The lowest BCUT2D eigenvalue weighted by Crippen LogP contribution is -2.69. The number of benzene rings is 1. The fourth-order valence-corrected chi connectivity index (χ4v) is 14.2. The number of hydrogen-bond donors (Lipinski definition) is 0. The number of rotatable bonds is 20. The highest BCUT2D eigenvalue weighted by Gasteiger charge is 2.58. The Bertz CT molecular complexity index is 1860. The van der Waals surface area contributed by atoms with E-state index >= 15 is 0 Å². The maximum atomic E-state index is 14.0. The first-order valence-electron chi connectivity index (χ1n) is 26.2. The summed E-state index contributed by atoms with van der Waals surface area (Å²) in [6.45, 7) is 43.5. The molecule has 4 fully saturated rings. The van der Waals surface area contributed by atoms with Crippen LogP contribution < -0.4 is 0 Å². The van der Waals surface area contributed by atoms with Gasteiger partial charge in [0.2, 0.25) is 0 Å². The Kier molecular flexibility index (Phi) is 20.1. The molecule has 0 spiro atoms. The van der Waals surface area contributed by atoms with E-state index in [0.29, 0.717) is 30.9 Å². The first-order chi connectivity index (χ1) is 31.8. The van der Waals surface area contributed by atoms with Gasteiger partial charge in [-0.25, -0.2) is 4.79 Å². The van der Waals surface area contributed by atoms with Crippen LogP contribution in [0.3, 0.4) is 0 Å². The lowest BCUT2D eigenvalue weighted by atomic mass is 9.85. The van der Waals surface area contributed by atoms with Crippen LogP contribution in [-0.2, 0) is 41.7 Å². The lowest BCUT2D eigenvalue weighted by molar-refractivity contribution is -0.269. The molecular formula is C55H95IO10Si3. The second kappa shape index (κ2) is 23.4. The van der Waals surface area contributed by atoms with E-state index in [0.717, 1.165) is 43.0 Å². The van der Waals surface area contributed by atoms with Crippen LogP contribution in [0.25, 0.3) is 0 Å². The largest absolute Gasteiger partial charge is 0.455 e. The van der Waals surface area contributed by atoms with E-state index in [9.17, 15) is 4.79 Å². The molecule has 10 nitrogen and oxygen atoms in total. The molecule has 5 rings (SSSR count). The van der Waals surface area contributed by atoms with E-state index in [1.165, 1.54) is 5.57 Å². The minimum atomic E-state index is -2.49. The first kappa shape index (κ1) is 59.1. The molecule has 3 unspecified atom stereocenters. The predicted molar refractivity (Wildman–Crippen MR) is 296 cm³/mol. The van der Waals surface area contributed by atoms with Gasteiger partial charge in [-0.2, -0.15) is 0 Å². The molecule has 0 radical (unpaired) electrons. The monoisotopic (exact) mass is 1130 g/mol. The summed E-state index contributed by atoms with van der Waals surface area (Å²) in [5.41, 5.74) is 1.38. The van der Waals surface area contributed by atoms with Crippen molar-refractivity contribution in [3.05, 3.63) is 60.2 Å². The molecular weight excluding hydrogens is 1030 g/mol. The highest BCUT2D eigenvalue weighted by atomic mass is 127. The molecule has 0 N–H and O–H groups in total. The average Bonchev–Trinajstić information content (AvgIpc) is 3.62. The van der Waals surface area contributed by atoms with Crippen LogP contribution in [0.2, 0.25) is 54.4 Å². The summed E-state index contributed by atoms with van der Waals surface area (Å²) in [7, 11) is -5.67. The second-order valence-corrected chi connectivity index (χ2v) is 40.7. The third kappa shape index (κ3) is 14.8. The van der Waals surface area contributed by atoms with Crippen LogP contribution >= 0.6 is 22.6 Å². The fraction of sp³-hybridized carbons (Fsp3) is 0.800. The van der Waals surface area contributed by atoms with Crippen LogP contribution in [0.15, 0.2) is 54.6 Å². The summed E-state index contributed by atoms with van der Waals surface area (Å²) < 4.78 is 64.3. The number of halogens is 1. The summed E-state index contributed by atoms with van der Waals surface area (Å²) in [5.74, 6) is 0.0415. The number of alkyl halides is 1. The lowest BCUT2D eigenvalue weighted by Gasteiger charge is -2.56. The van der Waals surface area contributed by atoms with Gasteiger partial charge in [-0.3, -0.25) is 0 Å². The summed E-state index contributed by atoms with van der Waals surface area (Å²) in [4.78, 5) is 14.0. The number of fused-ring (bicyclic) bond motifs is 2. The Hall–Kier alpha value is -0.769. The number of allylic oxidation sites excluding steroid dienone is 1. The molecule has 4 heterocycles. The molecule has 0 amide bonds. The molecule has 4 aliphatic rings. The first-order valence-corrected chi connectivity index (χ1v) is 36.4. The number of methoxy groups -OCH3 is 1. The highest BCUT2D eigenvalue weighted by molar-refractivity contribution is 14.1. The Morgan fingerprint density at radius 2 is 1.41 bits per heavy atom. The van der Waals surface area contributed by atoms with Crippen molar-refractivity contribution in [3.63, 3.8) is 0 Å². The number of hydrogen-bond acceptors (Lipinski definition) is 10. The van der Waals surface area contributed by atoms with Gasteiger partial charge in [0.05, 0.1) is 48.8 Å². The standard InChI is InChI=1S/C55H95IO10Si3/c1-37(2)38(3)33-41-29-32-46-55(36-56,63-41)34-42(59-46)26-25-40(61-51(57)39-23-21-20-22-24-39)27-31-45(64-67(14,15)52(4,5)6)48-50(66-69(18,19)54(10,11)12)49(65-68(16,17)53(7,8)9)47-44(62-48)30-28-43(60-47)35-58-13/h20-24,27,31,38,40-50H,1,25-26,28-30,32-36H2,2-19H3/b31-27+/t38-,40?,41-,42?,43?,44+,45+,46+,47+,48+,49+,50-,55-/m1/s1. The van der Waals surface area contributed by atoms with Gasteiger partial charge < -0.3 is 41.7 Å². The van der Waals surface area contributed by atoms with Crippen LogP contribution in [0.4, 0.5) is 0 Å². The van der Waals surface area contributed by atoms with Crippen LogP contribution in [-0.4, -0.2) is 122 Å². The van der Waals surface area contributed by atoms with Crippen molar-refractivity contribution in [2.45, 2.75) is 255 Å². The predicted octanol–water partition coefficient (Wildman–Crippen LogP) is 13.8. The van der Waals surface area contributed by atoms with E-state index in [-0.39, 0.29) is 63.3 Å². The van der Waals surface area contributed by atoms with Gasteiger partial charge in [0.1, 0.15) is 36.1 Å². The molecule has 4 aliphatic heterocycles. The van der Waals surface area contributed by atoms with E-state index in [1.54, 1.807) is 7.11 Å². The Balaban J connectivity index is 1.57. The maximum Gasteiger partial charge on any atom is 0.338 e. The van der Waals surface area contributed by atoms with E-state index in [1.807, 2.05) is 30.3 Å². The zero-order valence-corrected chi connectivity index (χ0v) is 51.4. The van der Waals surface area contributed by atoms with Gasteiger partial charge in [0.25, 0.3) is 0 Å². The van der Waals surface area contributed by atoms with Crippen LogP contribution in [0.5, 0.6) is 0 Å². The quantitative estimate of drug-likeness (QED) is 0.0413. The highest BCUT2D eigenvalue weighted by Crippen LogP contribution is 2.48. The van der Waals surface area contributed by atoms with Gasteiger partial charge in [-0.1, -0.05) is 128 Å². The fourth-order valence-electron chi connectivity index (χ4n) is 9.35. The second-order valence-electron chi connectivity index (χ2n) is 25.6. The molecule has 0 bridgehead atoms. The third-order valence-electron chi connectivity index (χ3n) is 17.1. The van der Waals surface area contributed by atoms with Gasteiger partial charge in [0, 0.05) is 18.0 Å². The summed E-state index contributed by atoms with van der Waals surface area (Å²) in [6, 6.07) is 9.28. The van der Waals surface area contributed by atoms with Crippen molar-refractivity contribution in [2.24, 2.45) is 5.92 Å². The van der Waals surface area contributed by atoms with E-state index in [4.69, 9.17) is 41.7 Å². The Morgan fingerprint density at radius 1 is 0.812 bits per heavy atom. The minimum absolute atomic E-state index is 0.0323. The molecule has 0 aliphatic carbocycles. The topological polar surface area (TPSA) is 100 Å². The molecule has 4 saturated heterocycles. The zero-order chi connectivity index (χ0) is 51.5. The molecule has 394 valence electrons. The number of esters is 1. The molecule has 13 atom stereocenters. The Morgan fingerprint density at radius 3 is 1.97 bits per heavy atom. The summed E-state index contributed by atoms with van der Waals surface area (Å²) in [5, 5.41) is -0.285. The van der Waals surface area contributed by atoms with Crippen molar-refractivity contribution in [3.8, 4) is 0 Å². The molecule has 0 saturated carbocycles. The van der Waals surface area contributed by atoms with Gasteiger partial charge >= 0.3 is 5.97 Å². The van der Waals surface area contributed by atoms with Crippen molar-refractivity contribution in [2.75, 3.05) is 18.1 Å². The van der Waals surface area contributed by atoms with Gasteiger partial charge in [-0.15, -0.1) is 0 Å². The van der Waals surface area contributed by atoms with Gasteiger partial charge in [-0.05, 0) is 130 Å². The molecule has 14 heteroatoms. The summed E-state index contributed by atoms with van der Waals surface area (Å²) >= 11 is 2.49. The van der Waals surface area contributed by atoms with Crippen molar-refractivity contribution in [1.82, 2.24) is 0 Å². The third-order valence-corrected chi connectivity index (χ3v) is 31.8. The summed E-state index contributed by atoms with van der Waals surface area (Å²) in [6.07, 6.45) is 7.73. The minimum Gasteiger partial charge on any atom is -0.455 e. The molecule has 69 heavy (non-hydrogen) atoms. The van der Waals surface area contributed by atoms with E-state index < -0.39 is 55.5 Å². The molecule has 1 aromatic rings. The van der Waals surface area contributed by atoms with Gasteiger partial charge in [0.15, 0.2) is 25.0 Å². The SMILES string of the molecule is C=C(C)[C@H](C)C[C@H]1CC[C@@H]2OC(CCC(/C=C/[C@H](O[Si](C)(C)C(C)(C)C)[C@@H]3O[C@H]4CCC(COC)O[C@@H]4[C@H](O[Si](C)(C)C(C)(C)C)[C@@H]3O[Si](C)(C)C(C)(C)C)OC(=O)c3ccccc3)C[C@]2(CI)O1. The number of carbonyl (C=O) groups is 1. The molecule has 0 aromatic heterocycles.